The highest BCUT2D eigenvalue weighted by atomic mass is 79.9. The monoisotopic (exact) mass is 360 g/mol. The van der Waals surface area contributed by atoms with Crippen molar-refractivity contribution in [1.82, 2.24) is 10.2 Å². The molecule has 1 aromatic carbocycles. The van der Waals surface area contributed by atoms with Crippen LogP contribution in [0, 0.1) is 5.82 Å². The van der Waals surface area contributed by atoms with Crippen molar-refractivity contribution in [3.05, 3.63) is 34.1 Å². The van der Waals surface area contributed by atoms with Gasteiger partial charge >= 0.3 is 0 Å². The molecule has 1 saturated heterocycles. The molecule has 2 rings (SSSR count). The van der Waals surface area contributed by atoms with E-state index < -0.39 is 11.7 Å². The Hall–Kier alpha value is -1.41. The molecule has 1 aliphatic rings. The fourth-order valence-corrected chi connectivity index (χ4v) is 2.88. The summed E-state index contributed by atoms with van der Waals surface area (Å²) >= 11 is 4.04. The summed E-state index contributed by atoms with van der Waals surface area (Å²) in [4.78, 5) is 35.5. The molecule has 0 unspecified atom stereocenters. The molecule has 20 heavy (non-hydrogen) atoms. The van der Waals surface area contributed by atoms with Crippen molar-refractivity contribution >= 4 is 44.7 Å². The number of imide groups is 1. The average molecular weight is 361 g/mol. The summed E-state index contributed by atoms with van der Waals surface area (Å²) in [7, 11) is 0. The Morgan fingerprint density at radius 2 is 2.15 bits per heavy atom. The van der Waals surface area contributed by atoms with E-state index in [1.165, 1.54) is 12.1 Å². The molecule has 1 N–H and O–H groups in total. The topological polar surface area (TPSA) is 66.5 Å². The number of halogens is 2. The van der Waals surface area contributed by atoms with E-state index in [2.05, 4.69) is 21.2 Å². The minimum atomic E-state index is -0.522. The molecule has 1 aliphatic heterocycles. The zero-order valence-corrected chi connectivity index (χ0v) is 12.6. The Balaban J connectivity index is 1.89. The Kier molecular flexibility index (Phi) is 4.77. The van der Waals surface area contributed by atoms with Crippen LogP contribution in [0.5, 0.6) is 0 Å². The second-order valence-electron chi connectivity index (χ2n) is 4.01. The van der Waals surface area contributed by atoms with Gasteiger partial charge in [0.25, 0.3) is 11.1 Å². The van der Waals surface area contributed by atoms with Gasteiger partial charge in [0.15, 0.2) is 0 Å². The van der Waals surface area contributed by atoms with Gasteiger partial charge in [-0.25, -0.2) is 4.39 Å². The lowest BCUT2D eigenvalue weighted by Crippen LogP contribution is -2.37. The Morgan fingerprint density at radius 1 is 1.40 bits per heavy atom. The average Bonchev–Trinajstić information content (AvgIpc) is 2.69. The third kappa shape index (κ3) is 3.57. The van der Waals surface area contributed by atoms with E-state index in [4.69, 9.17) is 0 Å². The number of rotatable bonds is 4. The highest BCUT2D eigenvalue weighted by Gasteiger charge is 2.29. The molecule has 0 aromatic heterocycles. The lowest BCUT2D eigenvalue weighted by molar-refractivity contribution is -0.124. The summed E-state index contributed by atoms with van der Waals surface area (Å²) in [6, 6.07) is 3.85. The van der Waals surface area contributed by atoms with Gasteiger partial charge in [0.1, 0.15) is 5.82 Å². The molecule has 3 amide bonds. The van der Waals surface area contributed by atoms with Crippen molar-refractivity contribution in [2.45, 2.75) is 0 Å². The molecule has 0 radical (unpaired) electrons. The largest absolute Gasteiger partial charge is 0.350 e. The quantitative estimate of drug-likeness (QED) is 0.891. The molecule has 0 bridgehead atoms. The minimum absolute atomic E-state index is 0.118. The zero-order chi connectivity index (χ0) is 14.7. The second kappa shape index (κ2) is 6.36. The second-order valence-corrected chi connectivity index (χ2v) is 5.86. The molecule has 1 fully saturated rings. The molecule has 0 aliphatic carbocycles. The number of carbonyl (C=O) groups is 3. The highest BCUT2D eigenvalue weighted by molar-refractivity contribution is 9.10. The third-order valence-corrected chi connectivity index (χ3v) is 3.90. The maximum atomic E-state index is 13.1. The lowest BCUT2D eigenvalue weighted by Gasteiger charge is -2.13. The Labute approximate surface area is 127 Å². The molecule has 0 atom stereocenters. The van der Waals surface area contributed by atoms with Crippen molar-refractivity contribution in [3.8, 4) is 0 Å². The summed E-state index contributed by atoms with van der Waals surface area (Å²) in [6.45, 7) is 0.248. The van der Waals surface area contributed by atoms with Crippen LogP contribution in [0.3, 0.4) is 0 Å². The minimum Gasteiger partial charge on any atom is -0.350 e. The first-order valence-electron chi connectivity index (χ1n) is 5.69. The summed E-state index contributed by atoms with van der Waals surface area (Å²) in [6.07, 6.45) is 0. The maximum Gasteiger partial charge on any atom is 0.288 e. The van der Waals surface area contributed by atoms with E-state index in [-0.39, 0.29) is 35.6 Å². The van der Waals surface area contributed by atoms with Crippen molar-refractivity contribution in [1.29, 1.82) is 0 Å². The molecule has 106 valence electrons. The molecule has 8 heteroatoms. The van der Waals surface area contributed by atoms with Crippen LogP contribution in [-0.4, -0.2) is 40.8 Å². The van der Waals surface area contributed by atoms with Gasteiger partial charge in [0.05, 0.1) is 5.75 Å². The van der Waals surface area contributed by atoms with Gasteiger partial charge in [0.2, 0.25) is 5.91 Å². The molecule has 1 aromatic rings. The van der Waals surface area contributed by atoms with Gasteiger partial charge < -0.3 is 5.32 Å². The number of benzene rings is 1. The summed E-state index contributed by atoms with van der Waals surface area (Å²) in [5, 5.41) is 2.23. The van der Waals surface area contributed by atoms with E-state index in [1.54, 1.807) is 0 Å². The van der Waals surface area contributed by atoms with Crippen molar-refractivity contribution in [2.75, 3.05) is 18.8 Å². The first-order chi connectivity index (χ1) is 9.47. The van der Waals surface area contributed by atoms with Crippen molar-refractivity contribution in [2.24, 2.45) is 0 Å². The number of nitrogens with zero attached hydrogens (tertiary/aromatic N) is 1. The van der Waals surface area contributed by atoms with Crippen LogP contribution < -0.4 is 5.32 Å². The number of thioether (sulfide) groups is 1. The van der Waals surface area contributed by atoms with E-state index in [0.717, 1.165) is 22.7 Å². The number of nitrogens with one attached hydrogen (secondary N) is 1. The van der Waals surface area contributed by atoms with Crippen LogP contribution in [0.1, 0.15) is 10.4 Å². The number of amides is 3. The summed E-state index contributed by atoms with van der Waals surface area (Å²) in [5.74, 6) is -1.10. The number of hydrogen-bond acceptors (Lipinski definition) is 4. The van der Waals surface area contributed by atoms with Crippen LogP contribution in [0.4, 0.5) is 9.18 Å². The zero-order valence-electron chi connectivity index (χ0n) is 10.2. The van der Waals surface area contributed by atoms with Gasteiger partial charge in [0, 0.05) is 23.1 Å². The lowest BCUT2D eigenvalue weighted by atomic mass is 10.2. The van der Waals surface area contributed by atoms with Gasteiger partial charge in [-0.05, 0) is 18.2 Å². The third-order valence-electron chi connectivity index (χ3n) is 2.59. The van der Waals surface area contributed by atoms with Crippen LogP contribution in [0.2, 0.25) is 0 Å². The van der Waals surface area contributed by atoms with Gasteiger partial charge in [-0.1, -0.05) is 27.7 Å². The van der Waals surface area contributed by atoms with E-state index in [1.807, 2.05) is 0 Å². The summed E-state index contributed by atoms with van der Waals surface area (Å²) < 4.78 is 13.6. The maximum absolute atomic E-state index is 13.1. The van der Waals surface area contributed by atoms with Crippen molar-refractivity contribution in [3.63, 3.8) is 0 Å². The molecule has 5 nitrogen and oxygen atoms in total. The van der Waals surface area contributed by atoms with Crippen LogP contribution in [0.15, 0.2) is 22.7 Å². The van der Waals surface area contributed by atoms with Crippen LogP contribution in [-0.2, 0) is 4.79 Å². The molecule has 1 heterocycles. The Bertz CT molecular complexity index is 546. The fourth-order valence-electron chi connectivity index (χ4n) is 1.67. The predicted octanol–water partition coefficient (Wildman–Crippen LogP) is 2.01. The van der Waals surface area contributed by atoms with Crippen molar-refractivity contribution < 1.29 is 18.8 Å². The fraction of sp³-hybridized carbons (Fsp3) is 0.250. The van der Waals surface area contributed by atoms with E-state index in [0.29, 0.717) is 4.47 Å². The first kappa shape index (κ1) is 15.0. The predicted molar refractivity (Wildman–Crippen MR) is 76.0 cm³/mol. The smallest absolute Gasteiger partial charge is 0.288 e. The highest BCUT2D eigenvalue weighted by Crippen LogP contribution is 2.18. The van der Waals surface area contributed by atoms with Crippen LogP contribution >= 0.6 is 27.7 Å². The number of hydrogen-bond donors (Lipinski definition) is 1. The molecule has 0 saturated carbocycles. The number of carbonyl (C=O) groups excluding carboxylic acids is 3. The van der Waals surface area contributed by atoms with Gasteiger partial charge in [-0.3, -0.25) is 19.3 Å². The normalized spacial score (nSPS) is 14.8. The first-order valence-corrected chi connectivity index (χ1v) is 7.46. The van der Waals surface area contributed by atoms with Gasteiger partial charge in [-0.2, -0.15) is 0 Å². The van der Waals surface area contributed by atoms with Crippen LogP contribution in [0.25, 0.3) is 0 Å². The Morgan fingerprint density at radius 3 is 2.75 bits per heavy atom. The SMILES string of the molecule is O=C(NCCN1C(=O)CSC1=O)c1cc(F)cc(Br)c1. The molecular weight excluding hydrogens is 351 g/mol. The van der Waals surface area contributed by atoms with Gasteiger partial charge in [-0.15, -0.1) is 0 Å². The van der Waals surface area contributed by atoms with E-state index in [9.17, 15) is 18.8 Å². The molecular formula is C12H10BrFN2O3S. The summed E-state index contributed by atoms with van der Waals surface area (Å²) in [5.41, 5.74) is 0.172. The molecule has 0 spiro atoms. The standard InChI is InChI=1S/C12H10BrFN2O3S/c13-8-3-7(4-9(14)5-8)11(18)15-1-2-16-10(17)6-20-12(16)19/h3-5H,1-2,6H2,(H,15,18). The van der Waals surface area contributed by atoms with E-state index >= 15 is 0 Å².